The minimum Gasteiger partial charge on any atom is -0.495 e. The van der Waals surface area contributed by atoms with Gasteiger partial charge in [-0.05, 0) is 19.1 Å². The van der Waals surface area contributed by atoms with Gasteiger partial charge in [0.1, 0.15) is 23.0 Å². The number of hydrogen-bond acceptors (Lipinski definition) is 4. The Bertz CT molecular complexity index is 566. The van der Waals surface area contributed by atoms with Crippen LogP contribution in [0.25, 0.3) is 0 Å². The number of furan rings is 1. The fraction of sp³-hybridized carbons (Fsp3) is 0.286. The molecule has 0 unspecified atom stereocenters. The van der Waals surface area contributed by atoms with Crippen LogP contribution in [0.4, 0.5) is 5.69 Å². The van der Waals surface area contributed by atoms with Crippen molar-refractivity contribution >= 4 is 17.3 Å². The fourth-order valence-electron chi connectivity index (χ4n) is 1.76. The van der Waals surface area contributed by atoms with Gasteiger partial charge >= 0.3 is 0 Å². The first-order valence-electron chi connectivity index (χ1n) is 5.84. The van der Waals surface area contributed by atoms with Crippen LogP contribution < -0.4 is 14.8 Å². The van der Waals surface area contributed by atoms with Gasteiger partial charge in [-0.2, -0.15) is 0 Å². The summed E-state index contributed by atoms with van der Waals surface area (Å²) in [4.78, 5) is 0. The molecule has 0 atom stereocenters. The molecule has 4 nitrogen and oxygen atoms in total. The van der Waals surface area contributed by atoms with Crippen LogP contribution in [0.15, 0.2) is 28.7 Å². The van der Waals surface area contributed by atoms with Gasteiger partial charge in [0.15, 0.2) is 0 Å². The van der Waals surface area contributed by atoms with Gasteiger partial charge in [0.2, 0.25) is 0 Å². The van der Waals surface area contributed by atoms with E-state index in [4.69, 9.17) is 25.5 Å². The molecule has 0 fully saturated rings. The molecule has 5 heteroatoms. The quantitative estimate of drug-likeness (QED) is 0.903. The van der Waals surface area contributed by atoms with Crippen LogP contribution >= 0.6 is 11.6 Å². The van der Waals surface area contributed by atoms with Crippen molar-refractivity contribution in [3.8, 4) is 11.5 Å². The highest BCUT2D eigenvalue weighted by Gasteiger charge is 2.10. The maximum absolute atomic E-state index is 6.05. The van der Waals surface area contributed by atoms with E-state index in [-0.39, 0.29) is 0 Å². The molecule has 102 valence electrons. The predicted molar refractivity (Wildman–Crippen MR) is 75.3 cm³/mol. The average molecular weight is 282 g/mol. The third kappa shape index (κ3) is 3.15. The normalized spacial score (nSPS) is 10.3. The van der Waals surface area contributed by atoms with E-state index in [0.717, 1.165) is 17.2 Å². The van der Waals surface area contributed by atoms with E-state index in [9.17, 15) is 0 Å². The first-order valence-corrected chi connectivity index (χ1v) is 6.22. The van der Waals surface area contributed by atoms with E-state index < -0.39 is 0 Å². The molecule has 0 aliphatic carbocycles. The molecular formula is C14H16ClNO3. The molecule has 0 radical (unpaired) electrons. The summed E-state index contributed by atoms with van der Waals surface area (Å²) in [6.45, 7) is 2.48. The highest BCUT2D eigenvalue weighted by Crippen LogP contribution is 2.36. The Kier molecular flexibility index (Phi) is 4.22. The molecule has 0 aliphatic rings. The lowest BCUT2D eigenvalue weighted by molar-refractivity contribution is 0.404. The van der Waals surface area contributed by atoms with Gasteiger partial charge in [-0.3, -0.25) is 0 Å². The first-order chi connectivity index (χ1) is 9.13. The van der Waals surface area contributed by atoms with Crippen LogP contribution in [-0.2, 0) is 6.54 Å². The fourth-order valence-corrected chi connectivity index (χ4v) is 1.99. The summed E-state index contributed by atoms with van der Waals surface area (Å²) in [6, 6.07) is 7.38. The summed E-state index contributed by atoms with van der Waals surface area (Å²) in [7, 11) is 3.17. The Hall–Kier alpha value is -1.81. The first kappa shape index (κ1) is 13.6. The second-order valence-electron chi connectivity index (χ2n) is 4.05. The van der Waals surface area contributed by atoms with Gasteiger partial charge < -0.3 is 19.2 Å². The van der Waals surface area contributed by atoms with Gasteiger partial charge in [-0.15, -0.1) is 0 Å². The minimum atomic E-state index is 0.513. The predicted octanol–water partition coefficient (Wildman–Crippen LogP) is 3.87. The van der Waals surface area contributed by atoms with E-state index in [2.05, 4.69) is 5.32 Å². The van der Waals surface area contributed by atoms with Crippen molar-refractivity contribution in [2.45, 2.75) is 13.5 Å². The minimum absolute atomic E-state index is 0.513. The smallest absolute Gasteiger partial charge is 0.143 e. The van der Waals surface area contributed by atoms with Crippen molar-refractivity contribution in [1.82, 2.24) is 0 Å². The van der Waals surface area contributed by atoms with Crippen LogP contribution in [0.5, 0.6) is 11.5 Å². The molecule has 0 bridgehead atoms. The molecule has 1 aromatic heterocycles. The number of halogens is 1. The molecule has 19 heavy (non-hydrogen) atoms. The second-order valence-corrected chi connectivity index (χ2v) is 4.46. The van der Waals surface area contributed by atoms with Crippen molar-refractivity contribution in [2.24, 2.45) is 0 Å². The Balaban J connectivity index is 2.18. The number of hydrogen-bond donors (Lipinski definition) is 1. The van der Waals surface area contributed by atoms with Crippen molar-refractivity contribution in [3.63, 3.8) is 0 Å². The molecule has 1 aromatic carbocycles. The van der Waals surface area contributed by atoms with E-state index in [1.165, 1.54) is 0 Å². The van der Waals surface area contributed by atoms with Crippen molar-refractivity contribution in [3.05, 3.63) is 40.8 Å². The van der Waals surface area contributed by atoms with E-state index in [0.29, 0.717) is 23.1 Å². The second kappa shape index (κ2) is 5.89. The SMILES string of the molecule is COc1cc(NCc2ccc(C)o2)c(OC)cc1Cl. The number of ether oxygens (including phenoxy) is 2. The van der Waals surface area contributed by atoms with Crippen LogP contribution in [-0.4, -0.2) is 14.2 Å². The van der Waals surface area contributed by atoms with E-state index >= 15 is 0 Å². The monoisotopic (exact) mass is 281 g/mol. The van der Waals surface area contributed by atoms with Gasteiger partial charge in [0, 0.05) is 12.1 Å². The van der Waals surface area contributed by atoms with Gasteiger partial charge in [0.05, 0.1) is 31.5 Å². The van der Waals surface area contributed by atoms with Crippen LogP contribution in [0, 0.1) is 6.92 Å². The molecule has 0 saturated heterocycles. The largest absolute Gasteiger partial charge is 0.495 e. The summed E-state index contributed by atoms with van der Waals surface area (Å²) < 4.78 is 16.0. The number of nitrogens with one attached hydrogen (secondary N) is 1. The summed E-state index contributed by atoms with van der Waals surface area (Å²) in [6.07, 6.45) is 0. The summed E-state index contributed by atoms with van der Waals surface area (Å²) >= 11 is 6.05. The molecule has 0 saturated carbocycles. The maximum Gasteiger partial charge on any atom is 0.143 e. The van der Waals surface area contributed by atoms with Gasteiger partial charge in [-0.1, -0.05) is 11.6 Å². The zero-order chi connectivity index (χ0) is 13.8. The molecule has 0 amide bonds. The number of rotatable bonds is 5. The molecule has 2 rings (SSSR count). The van der Waals surface area contributed by atoms with Crippen molar-refractivity contribution in [1.29, 1.82) is 0 Å². The number of benzene rings is 1. The molecule has 1 heterocycles. The molecule has 0 spiro atoms. The van der Waals surface area contributed by atoms with Crippen molar-refractivity contribution in [2.75, 3.05) is 19.5 Å². The lowest BCUT2D eigenvalue weighted by Crippen LogP contribution is -2.01. The molecular weight excluding hydrogens is 266 g/mol. The van der Waals surface area contributed by atoms with Crippen LogP contribution in [0.1, 0.15) is 11.5 Å². The molecule has 2 aromatic rings. The summed E-state index contributed by atoms with van der Waals surface area (Å²) in [5.74, 6) is 3.00. The lowest BCUT2D eigenvalue weighted by atomic mass is 10.2. The maximum atomic E-state index is 6.05. The van der Waals surface area contributed by atoms with Crippen LogP contribution in [0.2, 0.25) is 5.02 Å². The topological polar surface area (TPSA) is 43.6 Å². The van der Waals surface area contributed by atoms with Crippen LogP contribution in [0.3, 0.4) is 0 Å². The third-order valence-corrected chi connectivity index (χ3v) is 3.02. The standard InChI is InChI=1S/C14H16ClNO3/c1-9-4-5-10(19-9)8-16-12-7-13(17-2)11(15)6-14(12)18-3/h4-7,16H,8H2,1-3H3. The Morgan fingerprint density at radius 2 is 1.89 bits per heavy atom. The number of anilines is 1. The Morgan fingerprint density at radius 3 is 2.47 bits per heavy atom. The summed E-state index contributed by atoms with van der Waals surface area (Å²) in [5.41, 5.74) is 0.804. The lowest BCUT2D eigenvalue weighted by Gasteiger charge is -2.13. The molecule has 1 N–H and O–H groups in total. The van der Waals surface area contributed by atoms with E-state index in [1.54, 1.807) is 26.4 Å². The summed E-state index contributed by atoms with van der Waals surface area (Å²) in [5, 5.41) is 3.75. The highest BCUT2D eigenvalue weighted by molar-refractivity contribution is 6.32. The third-order valence-electron chi connectivity index (χ3n) is 2.72. The number of methoxy groups -OCH3 is 2. The Labute approximate surface area is 117 Å². The van der Waals surface area contributed by atoms with E-state index in [1.807, 2.05) is 19.1 Å². The highest BCUT2D eigenvalue weighted by atomic mass is 35.5. The zero-order valence-electron chi connectivity index (χ0n) is 11.1. The van der Waals surface area contributed by atoms with Gasteiger partial charge in [0.25, 0.3) is 0 Å². The van der Waals surface area contributed by atoms with Gasteiger partial charge in [-0.25, -0.2) is 0 Å². The Morgan fingerprint density at radius 1 is 1.16 bits per heavy atom. The number of aryl methyl sites for hydroxylation is 1. The zero-order valence-corrected chi connectivity index (χ0v) is 11.9. The van der Waals surface area contributed by atoms with Crippen molar-refractivity contribution < 1.29 is 13.9 Å². The average Bonchev–Trinajstić information content (AvgIpc) is 2.82. The molecule has 0 aliphatic heterocycles.